The van der Waals surface area contributed by atoms with E-state index in [-0.39, 0.29) is 17.6 Å². The number of hydrogen-bond donors (Lipinski definition) is 2. The van der Waals surface area contributed by atoms with Crippen LogP contribution in [0.4, 0.5) is 10.5 Å². The van der Waals surface area contributed by atoms with Gasteiger partial charge in [0.25, 0.3) is 0 Å². The minimum absolute atomic E-state index is 0.246. The molecule has 3 N–H and O–H groups in total. The molecule has 0 radical (unpaired) electrons. The van der Waals surface area contributed by atoms with E-state index < -0.39 is 0 Å². The fraction of sp³-hybridized carbons (Fsp3) is 0.333. The van der Waals surface area contributed by atoms with Crippen molar-refractivity contribution in [2.45, 2.75) is 13.3 Å². The average molecular weight is 320 g/mol. The number of nitrogens with one attached hydrogen (secondary N) is 1. The molecule has 1 rings (SSSR count). The lowest BCUT2D eigenvalue weighted by molar-refractivity contribution is 0.219. The first-order valence-corrected chi connectivity index (χ1v) is 6.89. The molecule has 0 atom stereocenters. The van der Waals surface area contributed by atoms with E-state index in [4.69, 9.17) is 41.2 Å². The maximum atomic E-state index is 12.1. The van der Waals surface area contributed by atoms with Gasteiger partial charge in [-0.05, 0) is 24.6 Å². The number of urea groups is 1. The number of anilines is 1. The zero-order valence-corrected chi connectivity index (χ0v) is 12.8. The Balaban J connectivity index is 2.74. The highest BCUT2D eigenvalue weighted by atomic mass is 35.5. The Kier molecular flexibility index (Phi) is 6.34. The molecule has 0 fully saturated rings. The van der Waals surface area contributed by atoms with E-state index in [0.29, 0.717) is 22.3 Å². The lowest BCUT2D eigenvalue weighted by atomic mass is 10.3. The quantitative estimate of drug-likeness (QED) is 0.816. The van der Waals surface area contributed by atoms with Crippen LogP contribution in [0.15, 0.2) is 18.2 Å². The van der Waals surface area contributed by atoms with Crippen molar-refractivity contribution in [3.8, 4) is 0 Å². The first-order valence-electron chi connectivity index (χ1n) is 5.73. The van der Waals surface area contributed by atoms with Crippen molar-refractivity contribution < 1.29 is 4.79 Å². The zero-order valence-electron chi connectivity index (χ0n) is 10.5. The SMILES string of the molecule is CCCN(CC(N)=S)C(=O)Nc1ccc(Cl)c(Cl)c1. The van der Waals surface area contributed by atoms with Gasteiger partial charge in [0.1, 0.15) is 0 Å². The van der Waals surface area contributed by atoms with Crippen LogP contribution >= 0.6 is 35.4 Å². The van der Waals surface area contributed by atoms with Gasteiger partial charge >= 0.3 is 6.03 Å². The van der Waals surface area contributed by atoms with Gasteiger partial charge in [0.05, 0.1) is 21.6 Å². The third-order valence-corrected chi connectivity index (χ3v) is 3.17. The molecule has 19 heavy (non-hydrogen) atoms. The first kappa shape index (κ1) is 16.0. The van der Waals surface area contributed by atoms with E-state index in [1.807, 2.05) is 6.92 Å². The molecule has 0 saturated heterocycles. The summed E-state index contributed by atoms with van der Waals surface area (Å²) in [4.78, 5) is 13.9. The van der Waals surface area contributed by atoms with E-state index in [9.17, 15) is 4.79 Å². The molecule has 0 aliphatic carbocycles. The van der Waals surface area contributed by atoms with E-state index in [1.165, 1.54) is 0 Å². The molecule has 4 nitrogen and oxygen atoms in total. The normalized spacial score (nSPS) is 10.1. The van der Waals surface area contributed by atoms with Crippen LogP contribution in [0.3, 0.4) is 0 Å². The second-order valence-electron chi connectivity index (χ2n) is 3.95. The van der Waals surface area contributed by atoms with Crippen molar-refractivity contribution in [1.29, 1.82) is 0 Å². The lowest BCUT2D eigenvalue weighted by Crippen LogP contribution is -2.40. The van der Waals surface area contributed by atoms with E-state index in [0.717, 1.165) is 6.42 Å². The molecule has 0 bridgehead atoms. The summed E-state index contributed by atoms with van der Waals surface area (Å²) in [6.45, 7) is 2.79. The molecule has 104 valence electrons. The van der Waals surface area contributed by atoms with Gasteiger partial charge in [0.2, 0.25) is 0 Å². The highest BCUT2D eigenvalue weighted by Gasteiger charge is 2.14. The van der Waals surface area contributed by atoms with E-state index in [1.54, 1.807) is 23.1 Å². The number of amides is 2. The molecule has 2 amide bonds. The van der Waals surface area contributed by atoms with Crippen molar-refractivity contribution >= 4 is 52.1 Å². The third-order valence-electron chi connectivity index (χ3n) is 2.30. The van der Waals surface area contributed by atoms with Gasteiger partial charge in [0, 0.05) is 12.2 Å². The molecule has 1 aromatic carbocycles. The molecule has 0 spiro atoms. The van der Waals surface area contributed by atoms with Gasteiger partial charge in [-0.2, -0.15) is 0 Å². The van der Waals surface area contributed by atoms with Crippen LogP contribution in [0.1, 0.15) is 13.3 Å². The Labute approximate surface area is 127 Å². The van der Waals surface area contributed by atoms with Gasteiger partial charge in [-0.1, -0.05) is 42.3 Å². The van der Waals surface area contributed by atoms with Crippen LogP contribution in [-0.4, -0.2) is 29.0 Å². The maximum Gasteiger partial charge on any atom is 0.322 e. The lowest BCUT2D eigenvalue weighted by Gasteiger charge is -2.22. The summed E-state index contributed by atoms with van der Waals surface area (Å²) in [5.41, 5.74) is 6.04. The van der Waals surface area contributed by atoms with Crippen LogP contribution in [0, 0.1) is 0 Å². The monoisotopic (exact) mass is 319 g/mol. The standard InChI is InChI=1S/C12H15Cl2N3OS/c1-2-5-17(7-11(15)19)12(18)16-8-3-4-9(13)10(14)6-8/h3-4,6H,2,5,7H2,1H3,(H2,15,19)(H,16,18). The number of hydrogen-bond acceptors (Lipinski definition) is 2. The smallest absolute Gasteiger partial charge is 0.322 e. The number of thiocarbonyl (C=S) groups is 1. The summed E-state index contributed by atoms with van der Waals surface area (Å²) in [6.07, 6.45) is 0.817. The second kappa shape index (κ2) is 7.53. The van der Waals surface area contributed by atoms with Crippen LogP contribution in [0.5, 0.6) is 0 Å². The van der Waals surface area contributed by atoms with Crippen molar-refractivity contribution in [2.75, 3.05) is 18.4 Å². The summed E-state index contributed by atoms with van der Waals surface area (Å²) in [5.74, 6) is 0. The number of rotatable bonds is 5. The fourth-order valence-corrected chi connectivity index (χ4v) is 1.94. The van der Waals surface area contributed by atoms with Gasteiger partial charge < -0.3 is 16.0 Å². The maximum absolute atomic E-state index is 12.1. The Bertz CT molecular complexity index is 482. The highest BCUT2D eigenvalue weighted by molar-refractivity contribution is 7.80. The van der Waals surface area contributed by atoms with E-state index >= 15 is 0 Å². The molecular formula is C12H15Cl2N3OS. The molecule has 0 aliphatic rings. The van der Waals surface area contributed by atoms with Crippen molar-refractivity contribution in [3.05, 3.63) is 28.2 Å². The molecule has 0 heterocycles. The van der Waals surface area contributed by atoms with Crippen molar-refractivity contribution in [1.82, 2.24) is 4.90 Å². The average Bonchev–Trinajstić information content (AvgIpc) is 2.33. The van der Waals surface area contributed by atoms with Gasteiger partial charge in [-0.15, -0.1) is 0 Å². The number of nitrogens with two attached hydrogens (primary N) is 1. The van der Waals surface area contributed by atoms with Crippen molar-refractivity contribution in [2.24, 2.45) is 5.73 Å². The third kappa shape index (κ3) is 5.22. The topological polar surface area (TPSA) is 58.4 Å². The van der Waals surface area contributed by atoms with Crippen LogP contribution < -0.4 is 11.1 Å². The largest absolute Gasteiger partial charge is 0.392 e. The van der Waals surface area contributed by atoms with Gasteiger partial charge in [0.15, 0.2) is 0 Å². The number of carbonyl (C=O) groups excluding carboxylic acids is 1. The number of benzene rings is 1. The van der Waals surface area contributed by atoms with Crippen LogP contribution in [-0.2, 0) is 0 Å². The summed E-state index contributed by atoms with van der Waals surface area (Å²) in [6, 6.07) is 4.62. The molecule has 0 aromatic heterocycles. The number of carbonyl (C=O) groups is 1. The minimum atomic E-state index is -0.270. The van der Waals surface area contributed by atoms with Gasteiger partial charge in [-0.3, -0.25) is 0 Å². The highest BCUT2D eigenvalue weighted by Crippen LogP contribution is 2.25. The Morgan fingerprint density at radius 1 is 1.42 bits per heavy atom. The predicted octanol–water partition coefficient (Wildman–Crippen LogP) is 3.52. The number of nitrogens with zero attached hydrogens (tertiary/aromatic N) is 1. The van der Waals surface area contributed by atoms with Crippen LogP contribution in [0.2, 0.25) is 10.0 Å². The minimum Gasteiger partial charge on any atom is -0.392 e. The number of halogens is 2. The predicted molar refractivity (Wildman–Crippen MR) is 84.1 cm³/mol. The Hall–Kier alpha value is -1.04. The summed E-state index contributed by atoms with van der Waals surface area (Å²) >= 11 is 16.5. The zero-order chi connectivity index (χ0) is 14.4. The van der Waals surface area contributed by atoms with E-state index in [2.05, 4.69) is 5.32 Å². The Morgan fingerprint density at radius 3 is 2.63 bits per heavy atom. The first-order chi connectivity index (χ1) is 8.93. The summed E-state index contributed by atoms with van der Waals surface area (Å²) in [5, 5.41) is 3.55. The molecule has 0 aliphatic heterocycles. The van der Waals surface area contributed by atoms with Crippen molar-refractivity contribution in [3.63, 3.8) is 0 Å². The fourth-order valence-electron chi connectivity index (χ4n) is 1.49. The molecule has 0 unspecified atom stereocenters. The van der Waals surface area contributed by atoms with Crippen LogP contribution in [0.25, 0.3) is 0 Å². The Morgan fingerprint density at radius 2 is 2.11 bits per heavy atom. The summed E-state index contributed by atoms with van der Waals surface area (Å²) < 4.78 is 0. The molecule has 1 aromatic rings. The molecular weight excluding hydrogens is 305 g/mol. The molecule has 7 heteroatoms. The molecule has 0 saturated carbocycles. The second-order valence-corrected chi connectivity index (χ2v) is 5.29. The summed E-state index contributed by atoms with van der Waals surface area (Å²) in [7, 11) is 0. The van der Waals surface area contributed by atoms with Gasteiger partial charge in [-0.25, -0.2) is 4.79 Å².